The normalized spacial score (nSPS) is 20.9. The van der Waals surface area contributed by atoms with Crippen molar-refractivity contribution in [2.45, 2.75) is 65.1 Å². The first kappa shape index (κ1) is 26.3. The Kier molecular flexibility index (Phi) is 6.54. The number of carboxylic acid groups (broad SMARTS) is 1. The predicted octanol–water partition coefficient (Wildman–Crippen LogP) is 6.94. The van der Waals surface area contributed by atoms with Crippen molar-refractivity contribution >= 4 is 5.97 Å². The Morgan fingerprint density at radius 3 is 2.61 bits per heavy atom. The van der Waals surface area contributed by atoms with Crippen LogP contribution in [0.4, 0.5) is 8.78 Å². The molecule has 0 amide bonds. The van der Waals surface area contributed by atoms with Crippen LogP contribution in [0, 0.1) is 29.9 Å². The van der Waals surface area contributed by atoms with Crippen LogP contribution in [0.1, 0.15) is 67.7 Å². The lowest BCUT2D eigenvalue weighted by Gasteiger charge is -2.32. The molecule has 0 unspecified atom stereocenters. The van der Waals surface area contributed by atoms with Gasteiger partial charge < -0.3 is 14.6 Å². The van der Waals surface area contributed by atoms with E-state index in [2.05, 4.69) is 25.8 Å². The molecule has 0 aliphatic heterocycles. The highest BCUT2D eigenvalue weighted by Gasteiger charge is 2.63. The average molecular weight is 522 g/mol. The molecule has 2 aliphatic carbocycles. The maximum absolute atomic E-state index is 15.6. The Morgan fingerprint density at radius 2 is 1.95 bits per heavy atom. The van der Waals surface area contributed by atoms with Gasteiger partial charge >= 0.3 is 5.97 Å². The smallest absolute Gasteiger partial charge is 0.307 e. The number of fused-ring (bicyclic) bond motifs is 2. The number of pyridine rings is 1. The minimum Gasteiger partial charge on any atom is -0.486 e. The van der Waals surface area contributed by atoms with Gasteiger partial charge in [0, 0.05) is 29.3 Å². The van der Waals surface area contributed by atoms with E-state index in [9.17, 15) is 14.3 Å². The first-order valence-corrected chi connectivity index (χ1v) is 12.9. The van der Waals surface area contributed by atoms with Crippen LogP contribution in [0.15, 0.2) is 42.6 Å². The van der Waals surface area contributed by atoms with E-state index in [1.165, 1.54) is 6.20 Å². The zero-order valence-corrected chi connectivity index (χ0v) is 22.4. The molecule has 0 radical (unpaired) electrons. The van der Waals surface area contributed by atoms with E-state index in [1.807, 2.05) is 31.2 Å². The second kappa shape index (κ2) is 9.45. The van der Waals surface area contributed by atoms with E-state index < -0.39 is 28.9 Å². The molecule has 38 heavy (non-hydrogen) atoms. The number of carbonyl (C=O) groups is 1. The highest BCUT2D eigenvalue weighted by Crippen LogP contribution is 2.62. The Balaban J connectivity index is 1.48. The molecule has 200 valence electrons. The van der Waals surface area contributed by atoms with Gasteiger partial charge in [-0.1, -0.05) is 39.0 Å². The Bertz CT molecular complexity index is 1410. The van der Waals surface area contributed by atoms with Crippen molar-refractivity contribution < 1.29 is 28.2 Å². The molecule has 5 nitrogen and oxygen atoms in total. The summed E-state index contributed by atoms with van der Waals surface area (Å²) in [6.45, 7) is 8.08. The third-order valence-electron chi connectivity index (χ3n) is 8.00. The van der Waals surface area contributed by atoms with Crippen LogP contribution < -0.4 is 4.74 Å². The largest absolute Gasteiger partial charge is 0.486 e. The molecule has 2 aliphatic rings. The van der Waals surface area contributed by atoms with Crippen molar-refractivity contribution in [2.24, 2.45) is 11.3 Å². The molecule has 1 N–H and O–H groups in total. The number of nitrogens with zero attached hydrogens (tertiary/aromatic N) is 1. The number of aryl methyl sites for hydroxylation is 2. The molecule has 1 saturated carbocycles. The van der Waals surface area contributed by atoms with Crippen molar-refractivity contribution in [2.75, 3.05) is 7.11 Å². The monoisotopic (exact) mass is 521 g/mol. The number of methoxy groups -OCH3 is 1. The first-order valence-electron chi connectivity index (χ1n) is 12.9. The van der Waals surface area contributed by atoms with Crippen LogP contribution >= 0.6 is 0 Å². The molecule has 7 heteroatoms. The van der Waals surface area contributed by atoms with Gasteiger partial charge in [-0.15, -0.1) is 0 Å². The molecule has 2 aromatic carbocycles. The third kappa shape index (κ3) is 4.47. The van der Waals surface area contributed by atoms with E-state index >= 15 is 4.39 Å². The van der Waals surface area contributed by atoms with Gasteiger partial charge in [-0.2, -0.15) is 0 Å². The number of hydrogen-bond donors (Lipinski definition) is 1. The fraction of sp³-hybridized carbons (Fsp3) is 0.419. The van der Waals surface area contributed by atoms with Gasteiger partial charge in [0.25, 0.3) is 0 Å². The minimum atomic E-state index is -0.872. The van der Waals surface area contributed by atoms with Crippen molar-refractivity contribution in [1.82, 2.24) is 4.98 Å². The summed E-state index contributed by atoms with van der Waals surface area (Å²) in [5.74, 6) is -2.17. The standard InChI is InChI=1S/C31H33F2NO4/c1-17-12-21(24(32)15-34-17)20-8-6-18(13-22(20)28(37-5)30(2,3)4)16-38-25-9-7-19-10-11-31(26(19)27(25)33)14-23(31)29(35)36/h6-9,12-13,15,23,28H,10-11,14,16H2,1-5H3,(H,35,36)/t23-,28-,31+/m0/s1. The Morgan fingerprint density at radius 1 is 1.18 bits per heavy atom. The maximum Gasteiger partial charge on any atom is 0.307 e. The van der Waals surface area contributed by atoms with E-state index in [4.69, 9.17) is 9.47 Å². The summed E-state index contributed by atoms with van der Waals surface area (Å²) in [6, 6.07) is 10.8. The van der Waals surface area contributed by atoms with Crippen LogP contribution in [-0.4, -0.2) is 23.2 Å². The summed E-state index contributed by atoms with van der Waals surface area (Å²) in [6.07, 6.45) is 2.68. The molecule has 1 heterocycles. The second-order valence-corrected chi connectivity index (χ2v) is 11.7. The van der Waals surface area contributed by atoms with Gasteiger partial charge in [0.2, 0.25) is 0 Å². The number of aliphatic carboxylic acids is 1. The van der Waals surface area contributed by atoms with Crippen molar-refractivity contribution in [1.29, 1.82) is 0 Å². The molecule has 0 saturated heterocycles. The lowest BCUT2D eigenvalue weighted by Crippen LogP contribution is -2.21. The average Bonchev–Trinajstić information content (AvgIpc) is 3.47. The summed E-state index contributed by atoms with van der Waals surface area (Å²) in [5.41, 5.74) is 3.93. The van der Waals surface area contributed by atoms with Crippen molar-refractivity contribution in [3.05, 3.63) is 82.2 Å². The van der Waals surface area contributed by atoms with Gasteiger partial charge in [0.1, 0.15) is 12.4 Å². The van der Waals surface area contributed by atoms with Gasteiger partial charge in [-0.3, -0.25) is 9.78 Å². The van der Waals surface area contributed by atoms with Crippen LogP contribution in [-0.2, 0) is 28.0 Å². The zero-order valence-electron chi connectivity index (χ0n) is 22.4. The molecular formula is C31H33F2NO4. The number of benzene rings is 2. The zero-order chi connectivity index (χ0) is 27.4. The van der Waals surface area contributed by atoms with Gasteiger partial charge in [-0.25, -0.2) is 8.78 Å². The van der Waals surface area contributed by atoms with Crippen molar-refractivity contribution in [3.63, 3.8) is 0 Å². The Hall–Kier alpha value is -3.32. The fourth-order valence-corrected chi connectivity index (χ4v) is 6.14. The molecule has 1 fully saturated rings. The topological polar surface area (TPSA) is 68.7 Å². The highest BCUT2D eigenvalue weighted by atomic mass is 19.1. The van der Waals surface area contributed by atoms with Crippen LogP contribution in [0.5, 0.6) is 5.75 Å². The van der Waals surface area contributed by atoms with Gasteiger partial charge in [0.05, 0.1) is 18.2 Å². The van der Waals surface area contributed by atoms with Crippen LogP contribution in [0.2, 0.25) is 0 Å². The number of halogens is 2. The molecule has 1 spiro atoms. The molecule has 5 rings (SSSR count). The number of ether oxygens (including phenoxy) is 2. The summed E-state index contributed by atoms with van der Waals surface area (Å²) in [7, 11) is 1.63. The Labute approximate surface area is 221 Å². The van der Waals surface area contributed by atoms with Gasteiger partial charge in [0.15, 0.2) is 11.6 Å². The molecule has 1 aromatic heterocycles. The number of hydrogen-bond acceptors (Lipinski definition) is 4. The van der Waals surface area contributed by atoms with E-state index in [-0.39, 0.29) is 23.9 Å². The molecule has 3 atom stereocenters. The molecule has 3 aromatic rings. The lowest BCUT2D eigenvalue weighted by atomic mass is 9.81. The quantitative estimate of drug-likeness (QED) is 0.365. The predicted molar refractivity (Wildman–Crippen MR) is 140 cm³/mol. The summed E-state index contributed by atoms with van der Waals surface area (Å²) in [4.78, 5) is 15.7. The van der Waals surface area contributed by atoms with E-state index in [0.717, 1.165) is 16.7 Å². The first-order chi connectivity index (χ1) is 18.0. The number of aromatic nitrogens is 1. The lowest BCUT2D eigenvalue weighted by molar-refractivity contribution is -0.139. The van der Waals surface area contributed by atoms with E-state index in [1.54, 1.807) is 19.2 Å². The second-order valence-electron chi connectivity index (χ2n) is 11.7. The summed E-state index contributed by atoms with van der Waals surface area (Å²) in [5, 5.41) is 9.51. The number of carboxylic acids is 1. The SMILES string of the molecule is CO[C@@H](c1cc(COc2ccc3c(c2F)[C@]2(CC3)C[C@H]2C(=O)O)ccc1-c1cc(C)ncc1F)C(C)(C)C. The van der Waals surface area contributed by atoms with Crippen molar-refractivity contribution in [3.8, 4) is 16.9 Å². The molecular weight excluding hydrogens is 488 g/mol. The maximum atomic E-state index is 15.6. The fourth-order valence-electron chi connectivity index (χ4n) is 6.14. The summed E-state index contributed by atoms with van der Waals surface area (Å²) < 4.78 is 42.4. The van der Waals surface area contributed by atoms with Crippen LogP contribution in [0.3, 0.4) is 0 Å². The van der Waals surface area contributed by atoms with E-state index in [0.29, 0.717) is 41.6 Å². The highest BCUT2D eigenvalue weighted by molar-refractivity contribution is 5.78. The van der Waals surface area contributed by atoms with Crippen LogP contribution in [0.25, 0.3) is 11.1 Å². The summed E-state index contributed by atoms with van der Waals surface area (Å²) >= 11 is 0. The minimum absolute atomic E-state index is 0.0940. The molecule has 0 bridgehead atoms. The van der Waals surface area contributed by atoms with Gasteiger partial charge in [-0.05, 0) is 72.1 Å². The third-order valence-corrected chi connectivity index (χ3v) is 8.00. The number of rotatable bonds is 7.